The second-order valence-electron chi connectivity index (χ2n) is 6.70. The molecule has 0 fully saturated rings. The first-order chi connectivity index (χ1) is 16.2. The van der Waals surface area contributed by atoms with Crippen LogP contribution in [-0.2, 0) is 9.47 Å². The Morgan fingerprint density at radius 1 is 0.382 bits per heavy atom. The van der Waals surface area contributed by atoms with Gasteiger partial charge < -0.3 is 19.7 Å². The van der Waals surface area contributed by atoms with Gasteiger partial charge in [0.05, 0.1) is 33.4 Å². The predicted molar refractivity (Wildman–Crippen MR) is 113 cm³/mol. The van der Waals surface area contributed by atoms with Crippen molar-refractivity contribution in [2.75, 3.05) is 0 Å². The molecular formula is C24H14O10. The topological polar surface area (TPSA) is 161 Å². The van der Waals surface area contributed by atoms with E-state index in [9.17, 15) is 28.8 Å². The molecule has 3 rings (SSSR count). The van der Waals surface area contributed by atoms with Gasteiger partial charge in [-0.05, 0) is 72.8 Å². The molecule has 0 spiro atoms. The predicted octanol–water partition coefficient (Wildman–Crippen LogP) is 3.08. The summed E-state index contributed by atoms with van der Waals surface area (Å²) in [5, 5.41) is 17.7. The fourth-order valence-corrected chi connectivity index (χ4v) is 2.64. The Hall–Kier alpha value is -5.12. The van der Waals surface area contributed by atoms with E-state index in [4.69, 9.17) is 19.7 Å². The maximum absolute atomic E-state index is 12.2. The molecule has 3 aromatic rings. The summed E-state index contributed by atoms with van der Waals surface area (Å²) in [4.78, 5) is 70.2. The summed E-state index contributed by atoms with van der Waals surface area (Å²) in [7, 11) is 0. The first kappa shape index (κ1) is 23.5. The Morgan fingerprint density at radius 2 is 0.559 bits per heavy atom. The molecule has 0 aliphatic rings. The zero-order valence-electron chi connectivity index (χ0n) is 17.1. The highest BCUT2D eigenvalue weighted by molar-refractivity contribution is 6.05. The molecule has 0 unspecified atom stereocenters. The molecule has 0 amide bonds. The van der Waals surface area contributed by atoms with Crippen LogP contribution in [0.3, 0.4) is 0 Å². The lowest BCUT2D eigenvalue weighted by Crippen LogP contribution is -2.15. The van der Waals surface area contributed by atoms with Crippen LogP contribution in [0.25, 0.3) is 0 Å². The van der Waals surface area contributed by atoms with E-state index < -0.39 is 35.8 Å². The lowest BCUT2D eigenvalue weighted by molar-refractivity contribution is 0.0376. The molecule has 10 heteroatoms. The van der Waals surface area contributed by atoms with E-state index in [1.54, 1.807) is 0 Å². The molecule has 10 nitrogen and oxygen atoms in total. The van der Waals surface area contributed by atoms with Crippen molar-refractivity contribution in [3.05, 3.63) is 106 Å². The van der Waals surface area contributed by atoms with E-state index >= 15 is 0 Å². The number of benzene rings is 3. The SMILES string of the molecule is O=C(O)c1ccc(C(=O)OC(=O)c2ccc(C(=O)OC(=O)c3ccc(C(=O)O)cc3)cc2)cc1. The van der Waals surface area contributed by atoms with Crippen molar-refractivity contribution in [2.24, 2.45) is 0 Å². The van der Waals surface area contributed by atoms with E-state index in [1.807, 2.05) is 0 Å². The molecular weight excluding hydrogens is 448 g/mol. The molecule has 0 saturated carbocycles. The standard InChI is InChI=1S/C24H14O10/c25-19(26)13-1-5-15(6-2-13)21(29)33-23(31)17-9-11-18(12-10-17)24(32)34-22(30)16-7-3-14(4-8-16)20(27)28/h1-12H,(H,25,26)(H,27,28). The summed E-state index contributed by atoms with van der Waals surface area (Å²) in [6.45, 7) is 0. The molecule has 0 saturated heterocycles. The number of esters is 4. The van der Waals surface area contributed by atoms with Gasteiger partial charge in [-0.15, -0.1) is 0 Å². The number of carbonyl (C=O) groups excluding carboxylic acids is 4. The van der Waals surface area contributed by atoms with Crippen LogP contribution in [-0.4, -0.2) is 46.0 Å². The molecule has 0 aliphatic heterocycles. The third kappa shape index (κ3) is 5.56. The number of ether oxygens (including phenoxy) is 2. The van der Waals surface area contributed by atoms with Gasteiger partial charge in [-0.3, -0.25) is 0 Å². The largest absolute Gasteiger partial charge is 0.478 e. The molecule has 34 heavy (non-hydrogen) atoms. The zero-order chi connectivity index (χ0) is 24.8. The molecule has 3 aromatic carbocycles. The Labute approximate surface area is 191 Å². The third-order valence-electron chi connectivity index (χ3n) is 4.46. The molecule has 170 valence electrons. The van der Waals surface area contributed by atoms with Crippen molar-refractivity contribution in [1.29, 1.82) is 0 Å². The molecule has 2 N–H and O–H groups in total. The number of hydrogen-bond acceptors (Lipinski definition) is 8. The van der Waals surface area contributed by atoms with Gasteiger partial charge in [0, 0.05) is 0 Å². The van der Waals surface area contributed by atoms with Crippen LogP contribution < -0.4 is 0 Å². The summed E-state index contributed by atoms with van der Waals surface area (Å²) in [6.07, 6.45) is 0. The smallest absolute Gasteiger partial charge is 0.346 e. The molecule has 0 aromatic heterocycles. The second kappa shape index (κ2) is 10.0. The van der Waals surface area contributed by atoms with Crippen LogP contribution in [0.2, 0.25) is 0 Å². The fourth-order valence-electron chi connectivity index (χ4n) is 2.64. The number of carboxylic acids is 2. The minimum atomic E-state index is -1.17. The van der Waals surface area contributed by atoms with Crippen molar-refractivity contribution in [1.82, 2.24) is 0 Å². The van der Waals surface area contributed by atoms with E-state index in [0.717, 1.165) is 0 Å². The van der Waals surface area contributed by atoms with Crippen LogP contribution in [0, 0.1) is 0 Å². The van der Waals surface area contributed by atoms with Crippen molar-refractivity contribution >= 4 is 35.8 Å². The van der Waals surface area contributed by atoms with Gasteiger partial charge in [-0.25, -0.2) is 28.8 Å². The first-order valence-electron chi connectivity index (χ1n) is 9.45. The molecule has 0 heterocycles. The van der Waals surface area contributed by atoms with Gasteiger partial charge in [-0.1, -0.05) is 0 Å². The van der Waals surface area contributed by atoms with E-state index in [2.05, 4.69) is 0 Å². The highest BCUT2D eigenvalue weighted by Gasteiger charge is 2.19. The quantitative estimate of drug-likeness (QED) is 0.411. The van der Waals surface area contributed by atoms with Crippen LogP contribution in [0.15, 0.2) is 72.8 Å². The minimum absolute atomic E-state index is 0.0338. The molecule has 0 bridgehead atoms. The Morgan fingerprint density at radius 3 is 0.735 bits per heavy atom. The minimum Gasteiger partial charge on any atom is -0.478 e. The van der Waals surface area contributed by atoms with Gasteiger partial charge in [-0.2, -0.15) is 0 Å². The highest BCUT2D eigenvalue weighted by atomic mass is 16.6. The summed E-state index contributed by atoms with van der Waals surface area (Å²) >= 11 is 0. The number of carbonyl (C=O) groups is 6. The number of carboxylic acid groups (broad SMARTS) is 2. The van der Waals surface area contributed by atoms with E-state index in [0.29, 0.717) is 0 Å². The Balaban J connectivity index is 1.60. The summed E-state index contributed by atoms with van der Waals surface area (Å²) in [5.74, 6) is -6.36. The van der Waals surface area contributed by atoms with Crippen molar-refractivity contribution < 1.29 is 48.5 Å². The maximum atomic E-state index is 12.2. The number of aromatic carboxylic acids is 2. The van der Waals surface area contributed by atoms with Gasteiger partial charge in [0.25, 0.3) is 0 Å². The van der Waals surface area contributed by atoms with Gasteiger partial charge >= 0.3 is 35.8 Å². The maximum Gasteiger partial charge on any atom is 0.346 e. The Bertz CT molecular complexity index is 1180. The highest BCUT2D eigenvalue weighted by Crippen LogP contribution is 2.12. The van der Waals surface area contributed by atoms with Gasteiger partial charge in [0.15, 0.2) is 0 Å². The number of rotatable bonds is 6. The molecule has 0 radical (unpaired) electrons. The monoisotopic (exact) mass is 462 g/mol. The van der Waals surface area contributed by atoms with Gasteiger partial charge in [0.1, 0.15) is 0 Å². The lowest BCUT2D eigenvalue weighted by Gasteiger charge is -2.06. The second-order valence-corrected chi connectivity index (χ2v) is 6.70. The summed E-state index contributed by atoms with van der Waals surface area (Å²) in [6, 6.07) is 14.3. The third-order valence-corrected chi connectivity index (χ3v) is 4.46. The van der Waals surface area contributed by atoms with Crippen molar-refractivity contribution in [3.63, 3.8) is 0 Å². The molecule has 0 aliphatic carbocycles. The summed E-state index contributed by atoms with van der Waals surface area (Å²) < 4.78 is 9.47. The van der Waals surface area contributed by atoms with Crippen LogP contribution in [0.1, 0.15) is 62.1 Å². The number of hydrogen-bond donors (Lipinski definition) is 2. The van der Waals surface area contributed by atoms with Crippen LogP contribution >= 0.6 is 0 Å². The zero-order valence-corrected chi connectivity index (χ0v) is 17.1. The van der Waals surface area contributed by atoms with Gasteiger partial charge in [0.2, 0.25) is 0 Å². The van der Waals surface area contributed by atoms with Crippen molar-refractivity contribution in [3.8, 4) is 0 Å². The molecule has 0 atom stereocenters. The van der Waals surface area contributed by atoms with Crippen molar-refractivity contribution in [2.45, 2.75) is 0 Å². The summed E-state index contributed by atoms with van der Waals surface area (Å²) in [5.41, 5.74) is -0.283. The average Bonchev–Trinajstić information content (AvgIpc) is 2.84. The van der Waals surface area contributed by atoms with E-state index in [-0.39, 0.29) is 33.4 Å². The first-order valence-corrected chi connectivity index (χ1v) is 9.45. The normalized spacial score (nSPS) is 10.1. The average molecular weight is 462 g/mol. The van der Waals surface area contributed by atoms with Crippen LogP contribution in [0.5, 0.6) is 0 Å². The fraction of sp³-hybridized carbons (Fsp3) is 0. The van der Waals surface area contributed by atoms with Crippen LogP contribution in [0.4, 0.5) is 0 Å². The Kier molecular flexibility index (Phi) is 6.92. The lowest BCUT2D eigenvalue weighted by atomic mass is 10.1. The van der Waals surface area contributed by atoms with E-state index in [1.165, 1.54) is 72.8 Å².